The van der Waals surface area contributed by atoms with E-state index in [2.05, 4.69) is 12.1 Å². The van der Waals surface area contributed by atoms with Crippen LogP contribution >= 0.6 is 11.8 Å². The van der Waals surface area contributed by atoms with Gasteiger partial charge in [-0.2, -0.15) is 5.26 Å². The SMILES string of the molecule is N#CSC(CCc1ccc(-c2ccccc2)cc1)C(=O)O. The molecular weight excluding hydrogens is 282 g/mol. The Hall–Kier alpha value is -2.25. The van der Waals surface area contributed by atoms with E-state index >= 15 is 0 Å². The number of nitrogens with zero attached hydrogens (tertiary/aromatic N) is 1. The number of hydrogen-bond acceptors (Lipinski definition) is 3. The van der Waals surface area contributed by atoms with Crippen molar-refractivity contribution in [3.63, 3.8) is 0 Å². The molecular formula is C17H15NO2S. The van der Waals surface area contributed by atoms with E-state index in [0.717, 1.165) is 28.5 Å². The monoisotopic (exact) mass is 297 g/mol. The number of nitriles is 1. The van der Waals surface area contributed by atoms with Crippen LogP contribution in [0.1, 0.15) is 12.0 Å². The van der Waals surface area contributed by atoms with Crippen LogP contribution in [0, 0.1) is 10.7 Å². The predicted octanol–water partition coefficient (Wildman–Crippen LogP) is 3.95. The Kier molecular flexibility index (Phi) is 5.42. The maximum atomic E-state index is 11.0. The van der Waals surface area contributed by atoms with Gasteiger partial charge in [0.15, 0.2) is 0 Å². The maximum Gasteiger partial charge on any atom is 0.317 e. The fraction of sp³-hybridized carbons (Fsp3) is 0.176. The van der Waals surface area contributed by atoms with E-state index < -0.39 is 11.2 Å². The van der Waals surface area contributed by atoms with Crippen LogP contribution in [0.4, 0.5) is 0 Å². The lowest BCUT2D eigenvalue weighted by Gasteiger charge is -2.08. The molecule has 0 radical (unpaired) electrons. The number of carboxylic acids is 1. The Morgan fingerprint density at radius 2 is 1.71 bits per heavy atom. The third-order valence-corrected chi connectivity index (χ3v) is 4.05. The zero-order valence-corrected chi connectivity index (χ0v) is 12.2. The second-order valence-corrected chi connectivity index (χ2v) is 5.62. The zero-order valence-electron chi connectivity index (χ0n) is 11.4. The van der Waals surface area contributed by atoms with E-state index in [-0.39, 0.29) is 0 Å². The third-order valence-electron chi connectivity index (χ3n) is 3.23. The smallest absolute Gasteiger partial charge is 0.317 e. The molecule has 0 aromatic heterocycles. The Morgan fingerprint density at radius 1 is 1.10 bits per heavy atom. The molecule has 0 heterocycles. The molecule has 0 amide bonds. The summed E-state index contributed by atoms with van der Waals surface area (Å²) in [6.45, 7) is 0. The number of hydrogen-bond donors (Lipinski definition) is 1. The van der Waals surface area contributed by atoms with Crippen LogP contribution in [0.25, 0.3) is 11.1 Å². The largest absolute Gasteiger partial charge is 0.480 e. The molecule has 3 nitrogen and oxygen atoms in total. The number of aryl methyl sites for hydroxylation is 1. The van der Waals surface area contributed by atoms with E-state index in [4.69, 9.17) is 10.4 Å². The average Bonchev–Trinajstić information content (AvgIpc) is 2.52. The van der Waals surface area contributed by atoms with E-state index in [1.54, 1.807) is 0 Å². The van der Waals surface area contributed by atoms with Gasteiger partial charge in [0.05, 0.1) is 0 Å². The molecule has 0 fully saturated rings. The molecule has 0 saturated carbocycles. The van der Waals surface area contributed by atoms with Crippen LogP contribution in [0.2, 0.25) is 0 Å². The zero-order chi connectivity index (χ0) is 15.1. The number of carbonyl (C=O) groups is 1. The summed E-state index contributed by atoms with van der Waals surface area (Å²) in [4.78, 5) is 11.0. The van der Waals surface area contributed by atoms with Gasteiger partial charge in [-0.05, 0) is 41.3 Å². The van der Waals surface area contributed by atoms with Gasteiger partial charge in [-0.1, -0.05) is 54.6 Å². The second-order valence-electron chi connectivity index (χ2n) is 4.64. The Bertz CT molecular complexity index is 632. The molecule has 0 aliphatic rings. The quantitative estimate of drug-likeness (QED) is 0.820. The number of benzene rings is 2. The highest BCUT2D eigenvalue weighted by molar-refractivity contribution is 8.04. The fourth-order valence-corrected chi connectivity index (χ4v) is 2.55. The van der Waals surface area contributed by atoms with Crippen molar-refractivity contribution in [3.05, 3.63) is 60.2 Å². The minimum atomic E-state index is -0.928. The molecule has 0 aliphatic carbocycles. The van der Waals surface area contributed by atoms with Crippen molar-refractivity contribution in [3.8, 4) is 16.5 Å². The summed E-state index contributed by atoms with van der Waals surface area (Å²) < 4.78 is 0. The van der Waals surface area contributed by atoms with Crippen molar-refractivity contribution in [1.82, 2.24) is 0 Å². The van der Waals surface area contributed by atoms with Crippen molar-refractivity contribution in [2.45, 2.75) is 18.1 Å². The van der Waals surface area contributed by atoms with Gasteiger partial charge in [-0.15, -0.1) is 0 Å². The normalized spacial score (nSPS) is 11.6. The van der Waals surface area contributed by atoms with Crippen molar-refractivity contribution >= 4 is 17.7 Å². The number of aliphatic carboxylic acids is 1. The fourth-order valence-electron chi connectivity index (χ4n) is 2.09. The summed E-state index contributed by atoms with van der Waals surface area (Å²) in [5.74, 6) is -0.928. The highest BCUT2D eigenvalue weighted by Gasteiger charge is 2.17. The first kappa shape index (κ1) is 15.1. The van der Waals surface area contributed by atoms with Crippen molar-refractivity contribution in [2.24, 2.45) is 0 Å². The topological polar surface area (TPSA) is 61.1 Å². The average molecular weight is 297 g/mol. The molecule has 1 atom stereocenters. The van der Waals surface area contributed by atoms with Crippen molar-refractivity contribution < 1.29 is 9.90 Å². The second kappa shape index (κ2) is 7.51. The third kappa shape index (κ3) is 4.37. The number of carboxylic acid groups (broad SMARTS) is 1. The van der Waals surface area contributed by atoms with Gasteiger partial charge < -0.3 is 5.11 Å². The molecule has 0 aliphatic heterocycles. The molecule has 1 unspecified atom stereocenters. The molecule has 106 valence electrons. The van der Waals surface area contributed by atoms with Crippen LogP contribution in [0.3, 0.4) is 0 Å². The minimum Gasteiger partial charge on any atom is -0.480 e. The Labute approximate surface area is 128 Å². The molecule has 0 saturated heterocycles. The highest BCUT2D eigenvalue weighted by atomic mass is 32.2. The molecule has 0 spiro atoms. The van der Waals surface area contributed by atoms with Crippen molar-refractivity contribution in [1.29, 1.82) is 5.26 Å². The summed E-state index contributed by atoms with van der Waals surface area (Å²) >= 11 is 0.810. The lowest BCUT2D eigenvalue weighted by Crippen LogP contribution is -2.16. The molecule has 21 heavy (non-hydrogen) atoms. The van der Waals surface area contributed by atoms with Crippen LogP contribution in [0.15, 0.2) is 54.6 Å². The first-order chi connectivity index (χ1) is 10.2. The van der Waals surface area contributed by atoms with Crippen LogP contribution in [-0.2, 0) is 11.2 Å². The predicted molar refractivity (Wildman–Crippen MR) is 84.8 cm³/mol. The van der Waals surface area contributed by atoms with Crippen molar-refractivity contribution in [2.75, 3.05) is 0 Å². The first-order valence-electron chi connectivity index (χ1n) is 6.62. The molecule has 2 aromatic carbocycles. The standard InChI is InChI=1S/C17H15NO2S/c18-12-21-16(17(19)20)11-8-13-6-9-15(10-7-13)14-4-2-1-3-5-14/h1-7,9-10,16H,8,11H2,(H,19,20). The Morgan fingerprint density at radius 3 is 2.29 bits per heavy atom. The number of thioether (sulfide) groups is 1. The van der Waals surface area contributed by atoms with Crippen LogP contribution in [-0.4, -0.2) is 16.3 Å². The molecule has 4 heteroatoms. The van der Waals surface area contributed by atoms with Gasteiger partial charge in [0.2, 0.25) is 0 Å². The van der Waals surface area contributed by atoms with E-state index in [1.807, 2.05) is 47.9 Å². The summed E-state index contributed by atoms with van der Waals surface area (Å²) in [5, 5.41) is 18.8. The van der Waals surface area contributed by atoms with Gasteiger partial charge in [-0.25, -0.2) is 0 Å². The highest BCUT2D eigenvalue weighted by Crippen LogP contribution is 2.21. The maximum absolute atomic E-state index is 11.0. The van der Waals surface area contributed by atoms with E-state index in [1.165, 1.54) is 0 Å². The van der Waals surface area contributed by atoms with Gasteiger partial charge in [0, 0.05) is 0 Å². The van der Waals surface area contributed by atoms with Gasteiger partial charge in [-0.3, -0.25) is 4.79 Å². The lowest BCUT2D eigenvalue weighted by atomic mass is 10.0. The lowest BCUT2D eigenvalue weighted by molar-refractivity contribution is -0.136. The van der Waals surface area contributed by atoms with E-state index in [9.17, 15) is 4.79 Å². The molecule has 0 bridgehead atoms. The number of rotatable bonds is 6. The van der Waals surface area contributed by atoms with E-state index in [0.29, 0.717) is 12.8 Å². The molecule has 1 N–H and O–H groups in total. The number of thiocyanates is 1. The first-order valence-corrected chi connectivity index (χ1v) is 7.50. The molecule has 2 rings (SSSR count). The summed E-state index contributed by atoms with van der Waals surface area (Å²) in [6, 6.07) is 18.2. The minimum absolute atomic E-state index is 0.457. The molecule has 2 aromatic rings. The van der Waals surface area contributed by atoms with Gasteiger partial charge in [0.25, 0.3) is 0 Å². The summed E-state index contributed by atoms with van der Waals surface area (Å²) in [6.07, 6.45) is 1.11. The van der Waals surface area contributed by atoms with Crippen LogP contribution in [0.5, 0.6) is 0 Å². The van der Waals surface area contributed by atoms with Gasteiger partial charge in [0.1, 0.15) is 10.7 Å². The van der Waals surface area contributed by atoms with Gasteiger partial charge >= 0.3 is 5.97 Å². The van der Waals surface area contributed by atoms with Crippen LogP contribution < -0.4 is 0 Å². The summed E-state index contributed by atoms with van der Waals surface area (Å²) in [7, 11) is 0. The summed E-state index contributed by atoms with van der Waals surface area (Å²) in [5.41, 5.74) is 3.38. The Balaban J connectivity index is 2.00.